The average molecular weight is 396 g/mol. The summed E-state index contributed by atoms with van der Waals surface area (Å²) in [4.78, 5) is 38.4. The molecule has 1 aliphatic carbocycles. The van der Waals surface area contributed by atoms with Crippen LogP contribution in [-0.4, -0.2) is 37.1 Å². The number of carbonyl (C=O) groups is 3. The smallest absolute Gasteiger partial charge is 0.328 e. The lowest BCUT2D eigenvalue weighted by molar-refractivity contribution is -0.146. The zero-order chi connectivity index (χ0) is 19.6. The van der Waals surface area contributed by atoms with E-state index in [1.807, 2.05) is 6.07 Å². The van der Waals surface area contributed by atoms with Crippen molar-refractivity contribution in [2.24, 2.45) is 0 Å². The van der Waals surface area contributed by atoms with Crippen molar-refractivity contribution in [2.75, 3.05) is 13.2 Å². The molecule has 1 amide bonds. The molecular weight excluding hydrogens is 366 g/mol. The van der Waals surface area contributed by atoms with E-state index in [1.54, 1.807) is 13.8 Å². The zero-order valence-corrected chi connectivity index (χ0v) is 17.0. The van der Waals surface area contributed by atoms with Gasteiger partial charge in [-0.1, -0.05) is 12.8 Å². The first-order valence-electron chi connectivity index (χ1n) is 9.79. The van der Waals surface area contributed by atoms with Crippen molar-refractivity contribution in [3.05, 3.63) is 21.4 Å². The van der Waals surface area contributed by atoms with E-state index in [2.05, 4.69) is 5.32 Å². The van der Waals surface area contributed by atoms with Crippen LogP contribution >= 0.6 is 11.3 Å². The van der Waals surface area contributed by atoms with E-state index >= 15 is 0 Å². The summed E-state index contributed by atoms with van der Waals surface area (Å²) in [5.74, 6) is -1.20. The number of nitrogens with one attached hydrogen (secondary N) is 1. The summed E-state index contributed by atoms with van der Waals surface area (Å²) in [6, 6.07) is 1.10. The molecule has 0 spiro atoms. The number of amides is 1. The van der Waals surface area contributed by atoms with Crippen molar-refractivity contribution in [1.29, 1.82) is 0 Å². The molecule has 0 saturated heterocycles. The number of carbonyl (C=O) groups excluding carboxylic acids is 3. The minimum atomic E-state index is -0.855. The summed E-state index contributed by atoms with van der Waals surface area (Å²) in [6.07, 6.45) is 7.00. The van der Waals surface area contributed by atoms with Crippen LogP contribution < -0.4 is 5.32 Å². The van der Waals surface area contributed by atoms with Crippen molar-refractivity contribution >= 4 is 29.2 Å². The number of hydrogen-bond donors (Lipinski definition) is 1. The van der Waals surface area contributed by atoms with Gasteiger partial charge in [0.25, 0.3) is 5.91 Å². The van der Waals surface area contributed by atoms with Crippen LogP contribution in [0.25, 0.3) is 0 Å². The van der Waals surface area contributed by atoms with E-state index < -0.39 is 12.0 Å². The molecule has 0 aliphatic heterocycles. The summed E-state index contributed by atoms with van der Waals surface area (Å²) in [6.45, 7) is 3.95. The van der Waals surface area contributed by atoms with Crippen molar-refractivity contribution in [2.45, 2.75) is 71.3 Å². The van der Waals surface area contributed by atoms with Crippen LogP contribution in [0.1, 0.15) is 72.5 Å². The van der Waals surface area contributed by atoms with Gasteiger partial charge >= 0.3 is 11.9 Å². The fourth-order valence-electron chi connectivity index (χ4n) is 3.17. The van der Waals surface area contributed by atoms with Crippen LogP contribution in [0.4, 0.5) is 0 Å². The molecule has 1 aromatic heterocycles. The van der Waals surface area contributed by atoms with Gasteiger partial charge in [0.15, 0.2) is 0 Å². The molecule has 0 aromatic carbocycles. The first kappa shape index (κ1) is 21.4. The highest BCUT2D eigenvalue weighted by molar-refractivity contribution is 7.14. The number of fused-ring (bicyclic) bond motifs is 1. The minimum absolute atomic E-state index is 0.0541. The van der Waals surface area contributed by atoms with Gasteiger partial charge in [0.1, 0.15) is 6.04 Å². The average Bonchev–Trinajstić information content (AvgIpc) is 3.01. The van der Waals surface area contributed by atoms with Crippen LogP contribution in [0.5, 0.6) is 0 Å². The predicted molar refractivity (Wildman–Crippen MR) is 104 cm³/mol. The Balaban J connectivity index is 2.04. The predicted octanol–water partition coefficient (Wildman–Crippen LogP) is 3.41. The van der Waals surface area contributed by atoms with Gasteiger partial charge in [-0.25, -0.2) is 4.79 Å². The van der Waals surface area contributed by atoms with Crippen molar-refractivity contribution in [3.8, 4) is 0 Å². The Bertz CT molecular complexity index is 629. The molecule has 0 fully saturated rings. The number of hydrogen-bond acceptors (Lipinski definition) is 6. The first-order valence-corrected chi connectivity index (χ1v) is 10.6. The molecule has 2 rings (SSSR count). The normalized spacial score (nSPS) is 15.0. The Morgan fingerprint density at radius 2 is 1.78 bits per heavy atom. The summed E-state index contributed by atoms with van der Waals surface area (Å²) in [7, 11) is 0. The third-order valence-corrected chi connectivity index (χ3v) is 5.78. The quantitative estimate of drug-likeness (QED) is 0.682. The number of ether oxygens (including phenoxy) is 2. The largest absolute Gasteiger partial charge is 0.466 e. The van der Waals surface area contributed by atoms with E-state index in [0.717, 1.165) is 25.7 Å². The van der Waals surface area contributed by atoms with Crippen LogP contribution in [0.15, 0.2) is 6.07 Å². The third kappa shape index (κ3) is 6.65. The summed E-state index contributed by atoms with van der Waals surface area (Å²) >= 11 is 1.51. The van der Waals surface area contributed by atoms with E-state index in [9.17, 15) is 14.4 Å². The molecule has 27 heavy (non-hydrogen) atoms. The topological polar surface area (TPSA) is 81.7 Å². The zero-order valence-electron chi connectivity index (χ0n) is 16.2. The molecule has 1 atom stereocenters. The van der Waals surface area contributed by atoms with E-state index in [0.29, 0.717) is 4.88 Å². The molecule has 0 unspecified atom stereocenters. The first-order chi connectivity index (χ1) is 13.0. The van der Waals surface area contributed by atoms with Crippen molar-refractivity contribution < 1.29 is 23.9 Å². The summed E-state index contributed by atoms with van der Waals surface area (Å²) in [5.41, 5.74) is 1.25. The fourth-order valence-corrected chi connectivity index (χ4v) is 4.33. The summed E-state index contributed by atoms with van der Waals surface area (Å²) < 4.78 is 9.94. The number of esters is 2. The van der Waals surface area contributed by atoms with Gasteiger partial charge in [-0.3, -0.25) is 9.59 Å². The molecule has 150 valence electrons. The number of rotatable bonds is 8. The SMILES string of the molecule is CCOC(=O)CC[C@@H](NC(=O)c1cc2c(s1)CCCCCC2)C(=O)OCC. The second kappa shape index (κ2) is 11.1. The maximum absolute atomic E-state index is 12.7. The molecule has 0 bridgehead atoms. The molecule has 0 saturated carbocycles. The number of thiophene rings is 1. The molecule has 6 nitrogen and oxygen atoms in total. The fraction of sp³-hybridized carbons (Fsp3) is 0.650. The highest BCUT2D eigenvalue weighted by atomic mass is 32.1. The third-order valence-electron chi connectivity index (χ3n) is 4.54. The number of aryl methyl sites for hydroxylation is 2. The lowest BCUT2D eigenvalue weighted by Crippen LogP contribution is -2.42. The Labute approximate surface area is 164 Å². The van der Waals surface area contributed by atoms with Crippen molar-refractivity contribution in [1.82, 2.24) is 5.32 Å². The molecule has 1 aliphatic rings. The van der Waals surface area contributed by atoms with Crippen LogP contribution in [0, 0.1) is 0 Å². The molecule has 1 aromatic rings. The van der Waals surface area contributed by atoms with Crippen molar-refractivity contribution in [3.63, 3.8) is 0 Å². The van der Waals surface area contributed by atoms with Crippen LogP contribution in [-0.2, 0) is 31.9 Å². The highest BCUT2D eigenvalue weighted by Gasteiger charge is 2.25. The molecule has 1 N–H and O–H groups in total. The lowest BCUT2D eigenvalue weighted by atomic mass is 10.00. The molecule has 0 radical (unpaired) electrons. The second-order valence-electron chi connectivity index (χ2n) is 6.60. The maximum Gasteiger partial charge on any atom is 0.328 e. The van der Waals surface area contributed by atoms with Gasteiger partial charge in [-0.05, 0) is 57.6 Å². The minimum Gasteiger partial charge on any atom is -0.466 e. The van der Waals surface area contributed by atoms with Gasteiger partial charge in [0, 0.05) is 11.3 Å². The van der Waals surface area contributed by atoms with Gasteiger partial charge in [-0.2, -0.15) is 0 Å². The van der Waals surface area contributed by atoms with Crippen LogP contribution in [0.3, 0.4) is 0 Å². The second-order valence-corrected chi connectivity index (χ2v) is 7.73. The molecule has 1 heterocycles. The highest BCUT2D eigenvalue weighted by Crippen LogP contribution is 2.28. The Morgan fingerprint density at radius 3 is 2.48 bits per heavy atom. The van der Waals surface area contributed by atoms with Gasteiger partial charge in [0.05, 0.1) is 18.1 Å². The van der Waals surface area contributed by atoms with Gasteiger partial charge in [-0.15, -0.1) is 11.3 Å². The van der Waals surface area contributed by atoms with Gasteiger partial charge in [0.2, 0.25) is 0 Å². The van der Waals surface area contributed by atoms with Gasteiger partial charge < -0.3 is 14.8 Å². The van der Waals surface area contributed by atoms with E-state index in [-0.39, 0.29) is 37.9 Å². The maximum atomic E-state index is 12.7. The Kier molecular flexibility index (Phi) is 8.78. The lowest BCUT2D eigenvalue weighted by Gasteiger charge is -2.16. The molecule has 7 heteroatoms. The Hall–Kier alpha value is -1.89. The standard InChI is InChI=1S/C20H29NO5S/c1-3-25-18(22)12-11-15(20(24)26-4-2)21-19(23)17-13-14-9-7-5-6-8-10-16(14)27-17/h13,15H,3-12H2,1-2H3,(H,21,23)/t15-/m1/s1. The van der Waals surface area contributed by atoms with Crippen LogP contribution in [0.2, 0.25) is 0 Å². The Morgan fingerprint density at radius 1 is 1.07 bits per heavy atom. The monoisotopic (exact) mass is 395 g/mol. The van der Waals surface area contributed by atoms with E-state index in [1.165, 1.54) is 34.6 Å². The molecular formula is C20H29NO5S. The van der Waals surface area contributed by atoms with E-state index in [4.69, 9.17) is 9.47 Å². The summed E-state index contributed by atoms with van der Waals surface area (Å²) in [5, 5.41) is 2.74.